The van der Waals surface area contributed by atoms with E-state index in [2.05, 4.69) is 6.92 Å². The maximum Gasteiger partial charge on any atom is 0.311 e. The minimum Gasteiger partial charge on any atom is -0.481 e. The fourth-order valence-corrected chi connectivity index (χ4v) is 4.63. The third-order valence-electron chi connectivity index (χ3n) is 6.10. The fraction of sp³-hybridized carbons (Fsp3) is 0.882. The summed E-state index contributed by atoms with van der Waals surface area (Å²) in [6.07, 6.45) is 7.43. The topological polar surface area (TPSA) is 66.8 Å². The number of nitrogens with zero attached hydrogens (tertiary/aromatic N) is 1. The summed E-state index contributed by atoms with van der Waals surface area (Å²) in [5.74, 6) is -0.118. The van der Waals surface area contributed by atoms with E-state index < -0.39 is 11.4 Å². The van der Waals surface area contributed by atoms with E-state index in [1.807, 2.05) is 0 Å². The van der Waals surface area contributed by atoms with E-state index in [1.54, 1.807) is 4.90 Å². The zero-order chi connectivity index (χ0) is 15.7. The molecule has 1 heterocycles. The standard InChI is InChI=1S/C17H27NO4/c1-12-5-2-3-7-14(12)22-10-15(19)18-9-13-6-4-8-17(13,11-18)16(20)21/h12-14H,2-11H2,1H3,(H,20,21)/t12?,13-,14?,17+/m0/s1. The molecule has 22 heavy (non-hydrogen) atoms. The van der Waals surface area contributed by atoms with Gasteiger partial charge in [-0.3, -0.25) is 9.59 Å². The van der Waals surface area contributed by atoms with Crippen molar-refractivity contribution in [3.8, 4) is 0 Å². The molecule has 3 rings (SSSR count). The number of hydrogen-bond acceptors (Lipinski definition) is 3. The minimum atomic E-state index is -0.730. The van der Waals surface area contributed by atoms with Gasteiger partial charge in [-0.15, -0.1) is 0 Å². The molecule has 1 amide bonds. The number of aliphatic carboxylic acids is 1. The number of carbonyl (C=O) groups is 2. The third-order valence-corrected chi connectivity index (χ3v) is 6.10. The predicted molar refractivity (Wildman–Crippen MR) is 81.4 cm³/mol. The van der Waals surface area contributed by atoms with Crippen LogP contribution < -0.4 is 0 Å². The molecule has 2 unspecified atom stereocenters. The minimum absolute atomic E-state index is 0.0344. The van der Waals surface area contributed by atoms with E-state index in [-0.39, 0.29) is 24.5 Å². The van der Waals surface area contributed by atoms with E-state index >= 15 is 0 Å². The first-order chi connectivity index (χ1) is 10.5. The Kier molecular flexibility index (Phi) is 4.44. The van der Waals surface area contributed by atoms with Gasteiger partial charge in [-0.05, 0) is 37.5 Å². The normalized spacial score (nSPS) is 38.0. The van der Waals surface area contributed by atoms with Crippen LogP contribution in [0.25, 0.3) is 0 Å². The highest BCUT2D eigenvalue weighted by atomic mass is 16.5. The Hall–Kier alpha value is -1.10. The highest BCUT2D eigenvalue weighted by Gasteiger charge is 2.55. The molecule has 4 atom stereocenters. The van der Waals surface area contributed by atoms with Crippen molar-refractivity contribution in [3.63, 3.8) is 0 Å². The van der Waals surface area contributed by atoms with Crippen LogP contribution in [0.2, 0.25) is 0 Å². The van der Waals surface area contributed by atoms with Crippen LogP contribution in [0.3, 0.4) is 0 Å². The monoisotopic (exact) mass is 309 g/mol. The maximum absolute atomic E-state index is 12.4. The number of carboxylic acids is 1. The molecule has 1 aliphatic heterocycles. The van der Waals surface area contributed by atoms with Crippen LogP contribution in [-0.4, -0.2) is 47.7 Å². The van der Waals surface area contributed by atoms with Crippen LogP contribution in [0, 0.1) is 17.3 Å². The lowest BCUT2D eigenvalue weighted by Crippen LogP contribution is -2.39. The summed E-state index contributed by atoms with van der Waals surface area (Å²) in [4.78, 5) is 25.8. The molecule has 124 valence electrons. The van der Waals surface area contributed by atoms with Crippen LogP contribution >= 0.6 is 0 Å². The zero-order valence-corrected chi connectivity index (χ0v) is 13.4. The number of carbonyl (C=O) groups excluding carboxylic acids is 1. The van der Waals surface area contributed by atoms with Crippen LogP contribution in [0.4, 0.5) is 0 Å². The first-order valence-corrected chi connectivity index (χ1v) is 8.66. The quantitative estimate of drug-likeness (QED) is 0.865. The number of likely N-dealkylation sites (tertiary alicyclic amines) is 1. The van der Waals surface area contributed by atoms with Crippen molar-refractivity contribution in [2.45, 2.75) is 58.0 Å². The van der Waals surface area contributed by atoms with Crippen LogP contribution in [-0.2, 0) is 14.3 Å². The lowest BCUT2D eigenvalue weighted by Gasteiger charge is -2.29. The van der Waals surface area contributed by atoms with E-state index in [0.717, 1.165) is 19.3 Å². The molecular formula is C17H27NO4. The SMILES string of the molecule is CC1CCCCC1OCC(=O)N1C[C@@H]2CCC[C@@]2(C(=O)O)C1. The average Bonchev–Trinajstić information content (AvgIpc) is 3.04. The highest BCUT2D eigenvalue weighted by molar-refractivity contribution is 5.82. The molecule has 3 aliphatic rings. The summed E-state index contributed by atoms with van der Waals surface area (Å²) in [6, 6.07) is 0. The van der Waals surface area contributed by atoms with Gasteiger partial charge in [0.2, 0.25) is 5.91 Å². The number of carboxylic acid groups (broad SMARTS) is 1. The Morgan fingerprint density at radius 3 is 2.68 bits per heavy atom. The number of hydrogen-bond donors (Lipinski definition) is 1. The molecule has 0 aromatic carbocycles. The summed E-state index contributed by atoms with van der Waals surface area (Å²) in [5, 5.41) is 9.57. The summed E-state index contributed by atoms with van der Waals surface area (Å²) in [6.45, 7) is 3.26. The lowest BCUT2D eigenvalue weighted by atomic mass is 9.81. The van der Waals surface area contributed by atoms with Crippen LogP contribution in [0.15, 0.2) is 0 Å². The summed E-state index contributed by atoms with van der Waals surface area (Å²) in [7, 11) is 0. The van der Waals surface area contributed by atoms with Crippen molar-refractivity contribution < 1.29 is 19.4 Å². The van der Waals surface area contributed by atoms with Gasteiger partial charge >= 0.3 is 5.97 Å². The van der Waals surface area contributed by atoms with E-state index in [4.69, 9.17) is 4.74 Å². The third kappa shape index (κ3) is 2.75. The van der Waals surface area contributed by atoms with Gasteiger partial charge in [0, 0.05) is 13.1 Å². The van der Waals surface area contributed by atoms with Crippen molar-refractivity contribution in [2.24, 2.45) is 17.3 Å². The van der Waals surface area contributed by atoms with Gasteiger partial charge in [0.1, 0.15) is 6.61 Å². The molecule has 1 N–H and O–H groups in total. The van der Waals surface area contributed by atoms with E-state index in [9.17, 15) is 14.7 Å². The van der Waals surface area contributed by atoms with Crippen molar-refractivity contribution in [1.29, 1.82) is 0 Å². The molecular weight excluding hydrogens is 282 g/mol. The van der Waals surface area contributed by atoms with E-state index in [0.29, 0.717) is 25.4 Å². The first-order valence-electron chi connectivity index (χ1n) is 8.66. The van der Waals surface area contributed by atoms with Crippen LogP contribution in [0.1, 0.15) is 51.9 Å². The molecule has 0 spiro atoms. The van der Waals surface area contributed by atoms with Crippen molar-refractivity contribution in [2.75, 3.05) is 19.7 Å². The molecule has 2 aliphatic carbocycles. The lowest BCUT2D eigenvalue weighted by molar-refractivity contribution is -0.150. The molecule has 2 saturated carbocycles. The van der Waals surface area contributed by atoms with Crippen LogP contribution in [0.5, 0.6) is 0 Å². The number of amides is 1. The molecule has 1 saturated heterocycles. The van der Waals surface area contributed by atoms with Gasteiger partial charge < -0.3 is 14.7 Å². The second-order valence-corrected chi connectivity index (χ2v) is 7.44. The maximum atomic E-state index is 12.4. The van der Waals surface area contributed by atoms with Crippen molar-refractivity contribution in [1.82, 2.24) is 4.90 Å². The molecule has 5 heteroatoms. The van der Waals surface area contributed by atoms with Crippen molar-refractivity contribution in [3.05, 3.63) is 0 Å². The smallest absolute Gasteiger partial charge is 0.311 e. The Labute approximate surface area is 132 Å². The Balaban J connectivity index is 1.54. The molecule has 0 radical (unpaired) electrons. The summed E-state index contributed by atoms with van der Waals surface area (Å²) >= 11 is 0. The van der Waals surface area contributed by atoms with Gasteiger partial charge in [0.15, 0.2) is 0 Å². The second-order valence-electron chi connectivity index (χ2n) is 7.44. The number of ether oxygens (including phenoxy) is 1. The largest absolute Gasteiger partial charge is 0.481 e. The average molecular weight is 309 g/mol. The number of fused-ring (bicyclic) bond motifs is 1. The van der Waals surface area contributed by atoms with E-state index in [1.165, 1.54) is 19.3 Å². The number of rotatable bonds is 4. The van der Waals surface area contributed by atoms with Gasteiger partial charge in [-0.2, -0.15) is 0 Å². The molecule has 3 fully saturated rings. The second kappa shape index (κ2) is 6.19. The predicted octanol–water partition coefficient (Wildman–Crippen LogP) is 2.29. The Bertz CT molecular complexity index is 452. The van der Waals surface area contributed by atoms with Crippen molar-refractivity contribution >= 4 is 11.9 Å². The molecule has 0 bridgehead atoms. The fourth-order valence-electron chi connectivity index (χ4n) is 4.63. The first kappa shape index (κ1) is 15.8. The molecule has 5 nitrogen and oxygen atoms in total. The molecule has 0 aromatic rings. The van der Waals surface area contributed by atoms with Gasteiger partial charge in [0.05, 0.1) is 11.5 Å². The summed E-state index contributed by atoms with van der Waals surface area (Å²) in [5.41, 5.74) is -0.687. The van der Waals surface area contributed by atoms with Gasteiger partial charge in [-0.25, -0.2) is 0 Å². The molecule has 0 aromatic heterocycles. The summed E-state index contributed by atoms with van der Waals surface area (Å²) < 4.78 is 5.85. The Morgan fingerprint density at radius 1 is 1.23 bits per heavy atom. The Morgan fingerprint density at radius 2 is 2.00 bits per heavy atom. The highest BCUT2D eigenvalue weighted by Crippen LogP contribution is 2.48. The van der Waals surface area contributed by atoms with Gasteiger partial charge in [-0.1, -0.05) is 26.2 Å². The van der Waals surface area contributed by atoms with Gasteiger partial charge in [0.25, 0.3) is 0 Å². The zero-order valence-electron chi connectivity index (χ0n) is 13.4.